The Balaban J connectivity index is 0.897. The molecule has 0 saturated heterocycles. The Hall–Kier alpha value is -8.76. The molecule has 0 atom stereocenters. The van der Waals surface area contributed by atoms with Crippen LogP contribution in [0.15, 0.2) is 267 Å². The Bertz CT molecular complexity index is 3910. The molecule has 0 aliphatic heterocycles. The average molecular weight is 897 g/mol. The summed E-state index contributed by atoms with van der Waals surface area (Å²) < 4.78 is 5.01. The lowest BCUT2D eigenvalue weighted by Gasteiger charge is -2.26. The van der Waals surface area contributed by atoms with E-state index in [1.165, 1.54) is 97.6 Å². The Labute approximate surface area is 405 Å². The van der Waals surface area contributed by atoms with Crippen molar-refractivity contribution < 1.29 is 0 Å². The minimum absolute atomic E-state index is 1.09. The standard InChI is InChI=1S/C66H44N2S/c1-4-15-45(16-5-1)51-41-52(46-17-6-2-7-18-46)43-53(42-51)48-29-36-56(37-30-48)67(57-38-31-49(32-39-57)58-23-14-24-61-60-22-11-13-26-65(60)69-66(58)61)55-34-27-47(28-35-55)50-33-40-64-62(44-50)59-21-10-12-25-63(59)68(64)54-19-8-3-9-20-54/h1-44H. The van der Waals surface area contributed by atoms with Crippen molar-refractivity contribution in [1.29, 1.82) is 0 Å². The van der Waals surface area contributed by atoms with Gasteiger partial charge in [-0.2, -0.15) is 0 Å². The van der Waals surface area contributed by atoms with Gasteiger partial charge in [0.15, 0.2) is 0 Å². The third-order valence-electron chi connectivity index (χ3n) is 13.6. The number of fused-ring (bicyclic) bond motifs is 6. The highest BCUT2D eigenvalue weighted by molar-refractivity contribution is 7.26. The van der Waals surface area contributed by atoms with Gasteiger partial charge in [-0.05, 0) is 147 Å². The van der Waals surface area contributed by atoms with Gasteiger partial charge < -0.3 is 9.47 Å². The number of anilines is 3. The van der Waals surface area contributed by atoms with E-state index in [1.807, 2.05) is 11.3 Å². The van der Waals surface area contributed by atoms with Gasteiger partial charge in [0.05, 0.1) is 11.0 Å². The lowest BCUT2D eigenvalue weighted by Crippen LogP contribution is -2.09. The molecule has 0 amide bonds. The summed E-state index contributed by atoms with van der Waals surface area (Å²) in [7, 11) is 0. The number of para-hydroxylation sites is 2. The van der Waals surface area contributed by atoms with Crippen LogP contribution in [0.25, 0.3) is 103 Å². The fourth-order valence-corrected chi connectivity index (χ4v) is 11.5. The number of hydrogen-bond donors (Lipinski definition) is 0. The lowest BCUT2D eigenvalue weighted by molar-refractivity contribution is 1.18. The molecule has 13 rings (SSSR count). The molecular formula is C66H44N2S. The van der Waals surface area contributed by atoms with Gasteiger partial charge in [-0.15, -0.1) is 11.3 Å². The monoisotopic (exact) mass is 896 g/mol. The van der Waals surface area contributed by atoms with Crippen molar-refractivity contribution >= 4 is 70.4 Å². The third-order valence-corrected chi connectivity index (χ3v) is 14.8. The first kappa shape index (κ1) is 40.5. The predicted molar refractivity (Wildman–Crippen MR) is 296 cm³/mol. The van der Waals surface area contributed by atoms with Crippen LogP contribution in [-0.2, 0) is 0 Å². The van der Waals surface area contributed by atoms with Crippen molar-refractivity contribution in [2.45, 2.75) is 0 Å². The molecule has 0 radical (unpaired) electrons. The Morgan fingerprint density at radius 3 is 1.33 bits per heavy atom. The molecule has 2 heterocycles. The number of aromatic nitrogens is 1. The minimum atomic E-state index is 1.09. The topological polar surface area (TPSA) is 8.17 Å². The second kappa shape index (κ2) is 17.2. The van der Waals surface area contributed by atoms with Crippen molar-refractivity contribution in [3.05, 3.63) is 267 Å². The van der Waals surface area contributed by atoms with Crippen LogP contribution in [0.1, 0.15) is 0 Å². The summed E-state index contributed by atoms with van der Waals surface area (Å²) in [5, 5.41) is 5.12. The van der Waals surface area contributed by atoms with Crippen LogP contribution in [0, 0.1) is 0 Å². The second-order valence-corrected chi connectivity index (χ2v) is 18.8. The quantitative estimate of drug-likeness (QED) is 0.140. The number of thiophene rings is 1. The molecule has 0 bridgehead atoms. The zero-order valence-electron chi connectivity index (χ0n) is 37.7. The van der Waals surface area contributed by atoms with E-state index in [1.54, 1.807) is 0 Å². The van der Waals surface area contributed by atoms with Crippen molar-refractivity contribution in [1.82, 2.24) is 4.57 Å². The molecule has 0 fully saturated rings. The van der Waals surface area contributed by atoms with E-state index in [-0.39, 0.29) is 0 Å². The maximum Gasteiger partial charge on any atom is 0.0541 e. The van der Waals surface area contributed by atoms with Crippen LogP contribution in [0.5, 0.6) is 0 Å². The van der Waals surface area contributed by atoms with E-state index in [2.05, 4.69) is 276 Å². The van der Waals surface area contributed by atoms with Crippen molar-refractivity contribution in [2.24, 2.45) is 0 Å². The highest BCUT2D eigenvalue weighted by atomic mass is 32.1. The molecule has 11 aromatic carbocycles. The fourth-order valence-electron chi connectivity index (χ4n) is 10.2. The summed E-state index contributed by atoms with van der Waals surface area (Å²) >= 11 is 1.87. The van der Waals surface area contributed by atoms with E-state index >= 15 is 0 Å². The van der Waals surface area contributed by atoms with Gasteiger partial charge in [-0.25, -0.2) is 0 Å². The molecule has 0 unspecified atom stereocenters. The molecule has 3 heteroatoms. The Morgan fingerprint density at radius 2 is 0.725 bits per heavy atom. The molecular weight excluding hydrogens is 853 g/mol. The number of hydrogen-bond acceptors (Lipinski definition) is 2. The van der Waals surface area contributed by atoms with Gasteiger partial charge in [0, 0.05) is 53.7 Å². The van der Waals surface area contributed by atoms with E-state index in [0.717, 1.165) is 22.7 Å². The number of benzene rings is 11. The first-order valence-electron chi connectivity index (χ1n) is 23.6. The molecule has 0 saturated carbocycles. The maximum atomic E-state index is 2.38. The normalized spacial score (nSPS) is 11.5. The van der Waals surface area contributed by atoms with Crippen molar-refractivity contribution in [3.8, 4) is 61.3 Å². The zero-order valence-corrected chi connectivity index (χ0v) is 38.5. The highest BCUT2D eigenvalue weighted by Gasteiger charge is 2.18. The maximum absolute atomic E-state index is 2.38. The summed E-state index contributed by atoms with van der Waals surface area (Å²) in [6, 6.07) is 97.3. The summed E-state index contributed by atoms with van der Waals surface area (Å²) in [4.78, 5) is 2.38. The lowest BCUT2D eigenvalue weighted by atomic mass is 9.93. The number of rotatable bonds is 9. The molecule has 2 nitrogen and oxygen atoms in total. The average Bonchev–Trinajstić information content (AvgIpc) is 3.98. The van der Waals surface area contributed by atoms with Crippen LogP contribution in [0.3, 0.4) is 0 Å². The van der Waals surface area contributed by atoms with Gasteiger partial charge in [0.25, 0.3) is 0 Å². The Morgan fingerprint density at radius 1 is 0.275 bits per heavy atom. The van der Waals surface area contributed by atoms with Gasteiger partial charge in [-0.1, -0.05) is 176 Å². The van der Waals surface area contributed by atoms with Gasteiger partial charge in [0.1, 0.15) is 0 Å². The van der Waals surface area contributed by atoms with E-state index in [0.29, 0.717) is 0 Å². The zero-order chi connectivity index (χ0) is 45.7. The predicted octanol–water partition coefficient (Wildman–Crippen LogP) is 19.0. The van der Waals surface area contributed by atoms with Crippen molar-refractivity contribution in [3.63, 3.8) is 0 Å². The SMILES string of the molecule is c1ccc(-c2cc(-c3ccccc3)cc(-c3ccc(N(c4ccc(-c5ccc6c(c5)c5ccccc5n6-c5ccccc5)cc4)c4ccc(-c5cccc6c5sc5ccccc56)cc4)cc3)c2)cc1. The summed E-state index contributed by atoms with van der Waals surface area (Å²) in [5.74, 6) is 0. The number of nitrogens with zero attached hydrogens (tertiary/aromatic N) is 2. The van der Waals surface area contributed by atoms with E-state index in [9.17, 15) is 0 Å². The molecule has 0 spiro atoms. The van der Waals surface area contributed by atoms with Crippen LogP contribution < -0.4 is 4.90 Å². The molecule has 0 N–H and O–H groups in total. The first-order valence-corrected chi connectivity index (χ1v) is 24.4. The fraction of sp³-hybridized carbons (Fsp3) is 0. The second-order valence-electron chi connectivity index (χ2n) is 17.7. The van der Waals surface area contributed by atoms with Gasteiger partial charge in [0.2, 0.25) is 0 Å². The van der Waals surface area contributed by atoms with E-state index in [4.69, 9.17) is 0 Å². The first-order chi connectivity index (χ1) is 34.2. The highest BCUT2D eigenvalue weighted by Crippen LogP contribution is 2.43. The molecule has 0 aliphatic rings. The largest absolute Gasteiger partial charge is 0.311 e. The summed E-state index contributed by atoms with van der Waals surface area (Å²) in [6.07, 6.45) is 0. The van der Waals surface area contributed by atoms with Gasteiger partial charge in [-0.3, -0.25) is 0 Å². The molecule has 324 valence electrons. The molecule has 0 aliphatic carbocycles. The molecule has 2 aromatic heterocycles. The van der Waals surface area contributed by atoms with Gasteiger partial charge >= 0.3 is 0 Å². The van der Waals surface area contributed by atoms with Crippen molar-refractivity contribution in [2.75, 3.05) is 4.90 Å². The van der Waals surface area contributed by atoms with E-state index < -0.39 is 0 Å². The molecule has 69 heavy (non-hydrogen) atoms. The minimum Gasteiger partial charge on any atom is -0.311 e. The van der Waals surface area contributed by atoms with Crippen LogP contribution in [-0.4, -0.2) is 4.57 Å². The summed E-state index contributed by atoms with van der Waals surface area (Å²) in [6.45, 7) is 0. The van der Waals surface area contributed by atoms with Crippen LogP contribution in [0.4, 0.5) is 17.1 Å². The summed E-state index contributed by atoms with van der Waals surface area (Å²) in [5.41, 5.74) is 18.8. The van der Waals surface area contributed by atoms with Crippen LogP contribution >= 0.6 is 11.3 Å². The van der Waals surface area contributed by atoms with Crippen LogP contribution in [0.2, 0.25) is 0 Å². The third kappa shape index (κ3) is 7.37. The molecule has 13 aromatic rings. The smallest absolute Gasteiger partial charge is 0.0541 e. The Kier molecular flexibility index (Phi) is 10.1.